The Labute approximate surface area is 393 Å². The molecule has 2 saturated heterocycles. The van der Waals surface area contributed by atoms with Gasteiger partial charge in [0.05, 0.1) is 23.3 Å². The van der Waals surface area contributed by atoms with Gasteiger partial charge in [-0.15, -0.1) is 11.8 Å². The highest BCUT2D eigenvalue weighted by Crippen LogP contribution is 2.40. The highest BCUT2D eigenvalue weighted by molar-refractivity contribution is 7.99. The summed E-state index contributed by atoms with van der Waals surface area (Å²) in [7, 11) is -11.0. The summed E-state index contributed by atoms with van der Waals surface area (Å²) >= 11 is 7.53. The number of sulfone groups is 1. The number of piperidine rings is 1. The fourth-order valence-electron chi connectivity index (χ4n) is 9.00. The topological polar surface area (TPSA) is 156 Å². The Morgan fingerprint density at radius 2 is 1.56 bits per heavy atom. The molecule has 2 aliphatic heterocycles. The summed E-state index contributed by atoms with van der Waals surface area (Å²) in [6.07, 6.45) is 2.58. The third kappa shape index (κ3) is 11.4. The molecule has 352 valence electrons. The molecular formula is C48H52ClF3N4O7S3. The first kappa shape index (κ1) is 49.3. The molecular weight excluding hydrogens is 933 g/mol. The van der Waals surface area contributed by atoms with Gasteiger partial charge in [0.1, 0.15) is 4.90 Å². The van der Waals surface area contributed by atoms with Crippen LogP contribution in [-0.2, 0) is 19.9 Å². The van der Waals surface area contributed by atoms with Gasteiger partial charge >= 0.3 is 5.51 Å². The van der Waals surface area contributed by atoms with E-state index in [1.165, 1.54) is 23.9 Å². The Morgan fingerprint density at radius 1 is 0.894 bits per heavy atom. The lowest BCUT2D eigenvalue weighted by atomic mass is 9.84. The van der Waals surface area contributed by atoms with Crippen molar-refractivity contribution in [1.29, 1.82) is 0 Å². The Bertz CT molecular complexity index is 2690. The summed E-state index contributed by atoms with van der Waals surface area (Å²) in [5.74, 6) is -0.777. The maximum atomic E-state index is 14.3. The molecule has 5 aromatic rings. The van der Waals surface area contributed by atoms with Gasteiger partial charge in [-0.05, 0) is 135 Å². The number of nitrogens with zero attached hydrogens (tertiary/aromatic N) is 2. The van der Waals surface area contributed by atoms with Gasteiger partial charge in [-0.2, -0.15) is 13.2 Å². The Kier molecular flexibility index (Phi) is 15.5. The summed E-state index contributed by atoms with van der Waals surface area (Å²) in [5, 5.41) is 24.9. The van der Waals surface area contributed by atoms with E-state index in [0.29, 0.717) is 62.3 Å². The minimum Gasteiger partial charge on any atom is -0.395 e. The van der Waals surface area contributed by atoms with E-state index in [1.807, 2.05) is 90.5 Å². The van der Waals surface area contributed by atoms with Gasteiger partial charge in [0.2, 0.25) is 0 Å². The van der Waals surface area contributed by atoms with Crippen LogP contribution in [0.1, 0.15) is 61.1 Å². The molecule has 11 nitrogen and oxygen atoms in total. The SMILES string of the molecule is C[C@@]1(CC(CSc2ccccc2)Nc2ccc(S(=O)(=O)NC(=O)c3ccc(N4CCC(C(O)c5ccccc5-c5ccc(Cl)cc5)CC4)cc3)cc2S(=O)(=O)C(F)(F)F)CCCN1CCO. The molecule has 18 heteroatoms. The first-order valence-corrected chi connectivity index (χ1v) is 25.9. The monoisotopic (exact) mass is 984 g/mol. The molecule has 7 rings (SSSR count). The Hall–Kier alpha value is -4.62. The summed E-state index contributed by atoms with van der Waals surface area (Å²) in [4.78, 5) is 16.3. The van der Waals surface area contributed by atoms with Crippen molar-refractivity contribution in [3.05, 3.63) is 137 Å². The smallest absolute Gasteiger partial charge is 0.395 e. The van der Waals surface area contributed by atoms with E-state index in [9.17, 15) is 45.0 Å². The number of benzene rings is 5. The minimum atomic E-state index is -6.11. The molecule has 0 aliphatic carbocycles. The normalized spacial score (nSPS) is 18.5. The van der Waals surface area contributed by atoms with Crippen LogP contribution in [0.15, 0.2) is 136 Å². The highest BCUT2D eigenvalue weighted by atomic mass is 35.5. The summed E-state index contributed by atoms with van der Waals surface area (Å²) < 4.78 is 98.3. The van der Waals surface area contributed by atoms with Gasteiger partial charge < -0.3 is 20.4 Å². The van der Waals surface area contributed by atoms with Crippen molar-refractivity contribution in [3.63, 3.8) is 0 Å². The van der Waals surface area contributed by atoms with E-state index in [0.717, 1.165) is 52.2 Å². The summed E-state index contributed by atoms with van der Waals surface area (Å²) in [6.45, 7) is 4.21. The van der Waals surface area contributed by atoms with Crippen molar-refractivity contribution in [2.75, 3.05) is 48.8 Å². The van der Waals surface area contributed by atoms with Crippen molar-refractivity contribution in [2.24, 2.45) is 5.92 Å². The van der Waals surface area contributed by atoms with Crippen molar-refractivity contribution < 1.29 is 45.0 Å². The number of amides is 1. The standard InChI is InChI=1S/C48H52ClF3N4O7S3/c1-47(24-7-25-56(47)28-29-57)31-37(32-64-39-8-3-2-4-9-39)53-43-21-20-40(30-44(43)65(60,61)48(50,51)52)66(62,63)54-46(59)35-14-18-38(19-15-35)55-26-22-34(23-27-55)45(58)42-11-6-5-10-41(42)33-12-16-36(49)17-13-33/h2-6,8-21,30,34,37,45,53,57-58H,7,22-29,31-32H2,1H3,(H,54,59)/t37?,45?,47-/m0/s1. The first-order valence-electron chi connectivity index (χ1n) is 21.6. The molecule has 2 unspecified atom stereocenters. The van der Waals surface area contributed by atoms with Crippen molar-refractivity contribution in [2.45, 2.75) is 76.9 Å². The maximum Gasteiger partial charge on any atom is 0.501 e. The number of alkyl halides is 3. The van der Waals surface area contributed by atoms with Crippen LogP contribution in [0.4, 0.5) is 24.5 Å². The number of carbonyl (C=O) groups is 1. The second kappa shape index (κ2) is 20.7. The van der Waals surface area contributed by atoms with Crippen molar-refractivity contribution in [1.82, 2.24) is 9.62 Å². The second-order valence-electron chi connectivity index (χ2n) is 16.9. The van der Waals surface area contributed by atoms with Gasteiger partial charge in [0.25, 0.3) is 25.8 Å². The molecule has 0 aromatic heterocycles. The molecule has 4 N–H and O–H groups in total. The fourth-order valence-corrected chi connectivity index (χ4v) is 12.1. The third-order valence-corrected chi connectivity index (χ3v) is 16.8. The van der Waals surface area contributed by atoms with E-state index >= 15 is 0 Å². The van der Waals surface area contributed by atoms with Gasteiger partial charge in [-0.25, -0.2) is 21.6 Å². The number of sulfonamides is 1. The van der Waals surface area contributed by atoms with Crippen LogP contribution in [0.5, 0.6) is 0 Å². The van der Waals surface area contributed by atoms with Gasteiger partial charge in [-0.1, -0.05) is 66.2 Å². The quantitative estimate of drug-likeness (QED) is 0.0659. The molecule has 3 atom stereocenters. The van der Waals surface area contributed by atoms with Crippen LogP contribution in [0.25, 0.3) is 11.1 Å². The lowest BCUT2D eigenvalue weighted by Gasteiger charge is -2.38. The molecule has 66 heavy (non-hydrogen) atoms. The lowest BCUT2D eigenvalue weighted by molar-refractivity contribution is -0.0436. The number of nitrogens with one attached hydrogen (secondary N) is 2. The minimum absolute atomic E-state index is 0.0229. The first-order chi connectivity index (χ1) is 31.4. The van der Waals surface area contributed by atoms with Crippen LogP contribution in [-0.4, -0.2) is 93.5 Å². The number of aliphatic hydroxyl groups is 2. The zero-order valence-corrected chi connectivity index (χ0v) is 39.3. The molecule has 0 spiro atoms. The maximum absolute atomic E-state index is 14.3. The zero-order valence-electron chi connectivity index (χ0n) is 36.1. The van der Waals surface area contributed by atoms with E-state index < -0.39 is 64.4 Å². The number of halogens is 4. The molecule has 2 heterocycles. The molecule has 0 bridgehead atoms. The van der Waals surface area contributed by atoms with E-state index in [4.69, 9.17) is 11.6 Å². The number of rotatable bonds is 17. The number of hydrogen-bond donors (Lipinski definition) is 4. The Balaban J connectivity index is 1.05. The summed E-state index contributed by atoms with van der Waals surface area (Å²) in [6, 6.07) is 32.4. The van der Waals surface area contributed by atoms with E-state index in [1.54, 1.807) is 12.1 Å². The molecule has 5 aromatic carbocycles. The number of likely N-dealkylation sites (tertiary alicyclic amines) is 1. The summed E-state index contributed by atoms with van der Waals surface area (Å²) in [5.41, 5.74) is -3.28. The van der Waals surface area contributed by atoms with Crippen LogP contribution in [0.3, 0.4) is 0 Å². The van der Waals surface area contributed by atoms with Crippen LogP contribution >= 0.6 is 23.4 Å². The second-order valence-corrected chi connectivity index (χ2v) is 22.1. The van der Waals surface area contributed by atoms with Crippen molar-refractivity contribution >= 4 is 60.5 Å². The number of aliphatic hydroxyl groups excluding tert-OH is 2. The Morgan fingerprint density at radius 3 is 2.23 bits per heavy atom. The van der Waals surface area contributed by atoms with E-state index in [-0.39, 0.29) is 18.1 Å². The fraction of sp³-hybridized carbons (Fsp3) is 0.354. The average Bonchev–Trinajstić information content (AvgIpc) is 3.66. The molecule has 0 radical (unpaired) electrons. The highest BCUT2D eigenvalue weighted by Gasteiger charge is 2.49. The number of carbonyl (C=O) groups excluding carboxylic acids is 1. The predicted octanol–water partition coefficient (Wildman–Crippen LogP) is 9.18. The molecule has 2 fully saturated rings. The van der Waals surface area contributed by atoms with Crippen LogP contribution in [0, 0.1) is 5.92 Å². The predicted molar refractivity (Wildman–Crippen MR) is 253 cm³/mol. The average molecular weight is 986 g/mol. The lowest BCUT2D eigenvalue weighted by Crippen LogP contribution is -2.46. The van der Waals surface area contributed by atoms with Crippen LogP contribution < -0.4 is 14.9 Å². The third-order valence-electron chi connectivity index (χ3n) is 12.5. The number of thioether (sulfide) groups is 1. The molecule has 1 amide bonds. The van der Waals surface area contributed by atoms with Gasteiger partial charge in [-0.3, -0.25) is 9.69 Å². The molecule has 2 aliphatic rings. The van der Waals surface area contributed by atoms with Crippen molar-refractivity contribution in [3.8, 4) is 11.1 Å². The number of anilines is 2. The molecule has 0 saturated carbocycles. The number of β-amino-alcohol motifs (C(OH)–C–C–N with tert-alkyl or cyclic N) is 1. The van der Waals surface area contributed by atoms with Gasteiger partial charge in [0.15, 0.2) is 0 Å². The van der Waals surface area contributed by atoms with E-state index in [2.05, 4.69) is 15.1 Å². The van der Waals surface area contributed by atoms with Gasteiger partial charge in [0, 0.05) is 58.1 Å². The zero-order chi connectivity index (χ0) is 47.3. The van der Waals surface area contributed by atoms with Crippen LogP contribution in [0.2, 0.25) is 5.02 Å². The largest absolute Gasteiger partial charge is 0.501 e. The number of hydrogen-bond acceptors (Lipinski definition) is 11.